The van der Waals surface area contributed by atoms with E-state index in [0.717, 1.165) is 0 Å². The van der Waals surface area contributed by atoms with Gasteiger partial charge >= 0.3 is 29.0 Å². The molecule has 0 saturated carbocycles. The monoisotopic (exact) mass is 204 g/mol. The highest BCUT2D eigenvalue weighted by Gasteiger charge is 2.16. The quantitative estimate of drug-likeness (QED) is 0.514. The van der Waals surface area contributed by atoms with Crippen LogP contribution in [0, 0.1) is 0 Å². The fraction of sp³-hybridized carbons (Fsp3) is 0.364. The Morgan fingerprint density at radius 3 is 2.07 bits per heavy atom. The molecule has 0 aliphatic heterocycles. The molecule has 0 spiro atoms. The Morgan fingerprint density at radius 1 is 1.14 bits per heavy atom. The van der Waals surface area contributed by atoms with E-state index in [9.17, 15) is 4.79 Å². The molecule has 14 heavy (non-hydrogen) atoms. The zero-order chi connectivity index (χ0) is 9.90. The van der Waals surface area contributed by atoms with Crippen molar-refractivity contribution in [2.45, 2.75) is 26.4 Å². The van der Waals surface area contributed by atoms with Crippen molar-refractivity contribution >= 4 is 29.0 Å². The van der Waals surface area contributed by atoms with Crippen molar-refractivity contribution < 1.29 is 9.53 Å². The highest BCUT2D eigenvalue weighted by molar-refractivity contribution is 5.89. The molecule has 3 heteroatoms. The van der Waals surface area contributed by atoms with Gasteiger partial charge in [-0.3, -0.25) is 0 Å². The maximum atomic E-state index is 11.4. The summed E-state index contributed by atoms with van der Waals surface area (Å²) in [5, 5.41) is 0. The molecule has 0 saturated heterocycles. The Hall–Kier alpha value is -0.544. The molecule has 0 aliphatic rings. The average Bonchev–Trinajstić information content (AvgIpc) is 2.03. The van der Waals surface area contributed by atoms with Gasteiger partial charge in [0.2, 0.25) is 0 Å². The van der Waals surface area contributed by atoms with E-state index < -0.39 is 5.60 Å². The van der Waals surface area contributed by atoms with Crippen molar-refractivity contribution in [1.82, 2.24) is 0 Å². The minimum atomic E-state index is -0.424. The van der Waals surface area contributed by atoms with Gasteiger partial charge in [-0.2, -0.15) is 0 Å². The molecule has 2 nitrogen and oxygen atoms in total. The lowest BCUT2D eigenvalue weighted by atomic mass is 10.2. The molecule has 0 radical (unpaired) electrons. The lowest BCUT2D eigenvalue weighted by Crippen LogP contribution is -2.23. The Kier molecular flexibility index (Phi) is 5.16. The Morgan fingerprint density at radius 2 is 1.64 bits per heavy atom. The van der Waals surface area contributed by atoms with Crippen LogP contribution >= 0.6 is 0 Å². The Labute approximate surface area is 101 Å². The van der Waals surface area contributed by atoms with Crippen molar-refractivity contribution in [3.8, 4) is 0 Å². The first-order valence-electron chi connectivity index (χ1n) is 4.27. The molecular weight excluding hydrogens is 188 g/mol. The number of ether oxygens (including phenoxy) is 1. The fourth-order valence-electron chi connectivity index (χ4n) is 0.911. The molecule has 0 amide bonds. The van der Waals surface area contributed by atoms with Crippen molar-refractivity contribution in [3.63, 3.8) is 0 Å². The number of esters is 1. The maximum absolute atomic E-state index is 11.4. The summed E-state index contributed by atoms with van der Waals surface area (Å²) >= 11 is 0. The standard InChI is InChI=1S/C11H14O2.Mg.2H/c1-11(2,3)13-10(12)9-7-5-4-6-8-9;;;/h4-8H,1-3H3;;;. The van der Waals surface area contributed by atoms with E-state index >= 15 is 0 Å². The summed E-state index contributed by atoms with van der Waals surface area (Å²) in [6.45, 7) is 5.56. The molecule has 1 aromatic carbocycles. The minimum absolute atomic E-state index is 0. The first-order chi connectivity index (χ1) is 5.99. The first kappa shape index (κ1) is 13.5. The smallest absolute Gasteiger partial charge is 0.338 e. The molecule has 0 N–H and O–H groups in total. The maximum Gasteiger partial charge on any atom is 0.338 e. The van der Waals surface area contributed by atoms with E-state index in [1.807, 2.05) is 39.0 Å². The van der Waals surface area contributed by atoms with Crippen LogP contribution in [0.4, 0.5) is 0 Å². The summed E-state index contributed by atoms with van der Waals surface area (Å²) < 4.78 is 5.18. The average molecular weight is 205 g/mol. The SMILES string of the molecule is CC(C)(C)OC(=O)c1ccccc1.[MgH2]. The number of hydrogen-bond donors (Lipinski definition) is 0. The van der Waals surface area contributed by atoms with E-state index in [1.165, 1.54) is 0 Å². The summed E-state index contributed by atoms with van der Waals surface area (Å²) in [6, 6.07) is 8.99. The number of hydrogen-bond acceptors (Lipinski definition) is 2. The van der Waals surface area contributed by atoms with Crippen LogP contribution in [-0.2, 0) is 4.74 Å². The summed E-state index contributed by atoms with van der Waals surface area (Å²) in [5.41, 5.74) is 0.171. The lowest BCUT2D eigenvalue weighted by molar-refractivity contribution is 0.00696. The van der Waals surface area contributed by atoms with Crippen LogP contribution in [0.15, 0.2) is 30.3 Å². The van der Waals surface area contributed by atoms with Crippen LogP contribution in [0.25, 0.3) is 0 Å². The van der Waals surface area contributed by atoms with Gasteiger partial charge in [0.25, 0.3) is 0 Å². The van der Waals surface area contributed by atoms with Crippen LogP contribution in [-0.4, -0.2) is 34.6 Å². The third kappa shape index (κ3) is 4.63. The summed E-state index contributed by atoms with van der Waals surface area (Å²) in [7, 11) is 0. The second kappa shape index (κ2) is 5.36. The Balaban J connectivity index is 0.00000169. The van der Waals surface area contributed by atoms with E-state index in [4.69, 9.17) is 4.74 Å². The number of carbonyl (C=O) groups excluding carboxylic acids is 1. The van der Waals surface area contributed by atoms with Crippen molar-refractivity contribution in [1.29, 1.82) is 0 Å². The van der Waals surface area contributed by atoms with Crippen molar-refractivity contribution in [2.75, 3.05) is 0 Å². The third-order valence-corrected chi connectivity index (χ3v) is 1.41. The predicted molar refractivity (Wildman–Crippen MR) is 60.2 cm³/mol. The molecule has 0 heterocycles. The van der Waals surface area contributed by atoms with E-state index in [1.54, 1.807) is 12.1 Å². The van der Waals surface area contributed by atoms with Gasteiger partial charge in [0, 0.05) is 0 Å². The molecule has 1 rings (SSSR count). The van der Waals surface area contributed by atoms with Gasteiger partial charge in [-0.25, -0.2) is 4.79 Å². The summed E-state index contributed by atoms with van der Waals surface area (Å²) in [6.07, 6.45) is 0. The van der Waals surface area contributed by atoms with Crippen molar-refractivity contribution in [3.05, 3.63) is 35.9 Å². The molecule has 0 bridgehead atoms. The minimum Gasteiger partial charge on any atom is -0.456 e. The zero-order valence-electron chi connectivity index (χ0n) is 8.20. The number of rotatable bonds is 1. The lowest BCUT2D eigenvalue weighted by Gasteiger charge is -2.19. The molecule has 0 fully saturated rings. The topological polar surface area (TPSA) is 26.3 Å². The van der Waals surface area contributed by atoms with E-state index in [2.05, 4.69) is 0 Å². The summed E-state index contributed by atoms with van der Waals surface area (Å²) in [5.74, 6) is -0.270. The normalized spacial score (nSPS) is 10.2. The van der Waals surface area contributed by atoms with Gasteiger partial charge in [-0.1, -0.05) is 18.2 Å². The van der Waals surface area contributed by atoms with Crippen LogP contribution in [0.1, 0.15) is 31.1 Å². The zero-order valence-corrected chi connectivity index (χ0v) is 8.20. The highest BCUT2D eigenvalue weighted by Crippen LogP contribution is 2.11. The molecule has 0 unspecified atom stereocenters. The second-order valence-corrected chi connectivity index (χ2v) is 3.87. The van der Waals surface area contributed by atoms with Gasteiger partial charge in [0.15, 0.2) is 0 Å². The molecule has 1 aromatic rings. The molecule has 0 aliphatic carbocycles. The molecular formula is C11H16MgO2. The van der Waals surface area contributed by atoms with E-state index in [0.29, 0.717) is 5.56 Å². The van der Waals surface area contributed by atoms with Crippen LogP contribution < -0.4 is 0 Å². The van der Waals surface area contributed by atoms with Gasteiger partial charge in [0.1, 0.15) is 5.60 Å². The van der Waals surface area contributed by atoms with Gasteiger partial charge < -0.3 is 4.74 Å². The number of carbonyl (C=O) groups is 1. The third-order valence-electron chi connectivity index (χ3n) is 1.41. The van der Waals surface area contributed by atoms with Gasteiger partial charge in [-0.05, 0) is 32.9 Å². The fourth-order valence-corrected chi connectivity index (χ4v) is 0.911. The van der Waals surface area contributed by atoms with Gasteiger partial charge in [-0.15, -0.1) is 0 Å². The highest BCUT2D eigenvalue weighted by atomic mass is 24.3. The van der Waals surface area contributed by atoms with E-state index in [-0.39, 0.29) is 29.0 Å². The van der Waals surface area contributed by atoms with Crippen molar-refractivity contribution in [2.24, 2.45) is 0 Å². The van der Waals surface area contributed by atoms with Crippen LogP contribution in [0.2, 0.25) is 0 Å². The van der Waals surface area contributed by atoms with Crippen LogP contribution in [0.3, 0.4) is 0 Å². The largest absolute Gasteiger partial charge is 0.456 e. The number of benzene rings is 1. The Bertz CT molecular complexity index is 288. The second-order valence-electron chi connectivity index (χ2n) is 3.87. The summed E-state index contributed by atoms with van der Waals surface area (Å²) in [4.78, 5) is 11.4. The van der Waals surface area contributed by atoms with Gasteiger partial charge in [0.05, 0.1) is 5.56 Å². The first-order valence-corrected chi connectivity index (χ1v) is 4.27. The predicted octanol–water partition coefficient (Wildman–Crippen LogP) is 1.73. The molecule has 0 aromatic heterocycles. The van der Waals surface area contributed by atoms with Crippen LogP contribution in [0.5, 0.6) is 0 Å². The molecule has 74 valence electrons. The molecule has 0 atom stereocenters.